The van der Waals surface area contributed by atoms with Crippen molar-refractivity contribution in [2.75, 3.05) is 13.2 Å². The Morgan fingerprint density at radius 1 is 0.309 bits per heavy atom. The molecule has 0 spiro atoms. The Labute approximate surface area is 418 Å². The van der Waals surface area contributed by atoms with E-state index in [1.54, 1.807) is 0 Å². The maximum atomic E-state index is 12.8. The van der Waals surface area contributed by atoms with Gasteiger partial charge in [-0.25, -0.2) is 0 Å². The van der Waals surface area contributed by atoms with E-state index < -0.39 is 6.10 Å². The van der Waals surface area contributed by atoms with Crippen LogP contribution in [0.2, 0.25) is 0 Å². The summed E-state index contributed by atoms with van der Waals surface area (Å²) in [4.78, 5) is 38.0. The van der Waals surface area contributed by atoms with Crippen molar-refractivity contribution in [2.45, 2.75) is 239 Å². The summed E-state index contributed by atoms with van der Waals surface area (Å²) < 4.78 is 16.8. The SMILES string of the molecule is CC/C=C\C/C=C\C/C=C\C/C=C\C/C=C\C/C=C\C/C=C\CCCCCC(=O)OCC(COC(=O)CCCCCCC/C=C\CCC)OC(=O)CCCCCCC/C=C\C/C=C\CCCCC. The lowest BCUT2D eigenvalue weighted by Gasteiger charge is -2.18. The van der Waals surface area contributed by atoms with Crippen molar-refractivity contribution in [3.8, 4) is 0 Å². The molecular formula is C62H100O6. The van der Waals surface area contributed by atoms with Gasteiger partial charge in [-0.05, 0) is 128 Å². The van der Waals surface area contributed by atoms with Crippen molar-refractivity contribution in [3.05, 3.63) is 122 Å². The molecule has 1 unspecified atom stereocenters. The van der Waals surface area contributed by atoms with Crippen molar-refractivity contribution in [2.24, 2.45) is 0 Å². The molecule has 0 N–H and O–H groups in total. The van der Waals surface area contributed by atoms with Gasteiger partial charge in [0.15, 0.2) is 6.10 Å². The van der Waals surface area contributed by atoms with Gasteiger partial charge in [0, 0.05) is 19.3 Å². The minimum Gasteiger partial charge on any atom is -0.462 e. The number of unbranched alkanes of at least 4 members (excludes halogenated alkanes) is 17. The molecule has 0 rings (SSSR count). The van der Waals surface area contributed by atoms with Crippen LogP contribution >= 0.6 is 0 Å². The predicted octanol–water partition coefficient (Wildman–Crippen LogP) is 18.5. The van der Waals surface area contributed by atoms with E-state index in [9.17, 15) is 14.4 Å². The number of ether oxygens (including phenoxy) is 3. The van der Waals surface area contributed by atoms with Gasteiger partial charge in [0.2, 0.25) is 0 Å². The van der Waals surface area contributed by atoms with Crippen LogP contribution in [0.3, 0.4) is 0 Å². The van der Waals surface area contributed by atoms with E-state index in [0.717, 1.165) is 154 Å². The molecule has 0 amide bonds. The molecule has 0 aromatic rings. The second-order valence-electron chi connectivity index (χ2n) is 17.7. The molecule has 0 bridgehead atoms. The first-order valence-electron chi connectivity index (χ1n) is 27.5. The van der Waals surface area contributed by atoms with Crippen LogP contribution in [0.1, 0.15) is 233 Å². The van der Waals surface area contributed by atoms with Gasteiger partial charge in [-0.2, -0.15) is 0 Å². The van der Waals surface area contributed by atoms with Gasteiger partial charge in [-0.1, -0.05) is 206 Å². The van der Waals surface area contributed by atoms with Gasteiger partial charge in [0.1, 0.15) is 13.2 Å². The summed E-state index contributed by atoms with van der Waals surface area (Å²) in [5.41, 5.74) is 0. The smallest absolute Gasteiger partial charge is 0.306 e. The summed E-state index contributed by atoms with van der Waals surface area (Å²) in [6.45, 7) is 6.37. The summed E-state index contributed by atoms with van der Waals surface area (Å²) in [5.74, 6) is -0.966. The van der Waals surface area contributed by atoms with Gasteiger partial charge in [0.05, 0.1) is 0 Å². The highest BCUT2D eigenvalue weighted by Crippen LogP contribution is 2.13. The number of hydrogen-bond donors (Lipinski definition) is 0. The Morgan fingerprint density at radius 2 is 0.603 bits per heavy atom. The highest BCUT2D eigenvalue weighted by molar-refractivity contribution is 5.71. The number of rotatable bonds is 48. The fourth-order valence-electron chi connectivity index (χ4n) is 7.04. The second-order valence-corrected chi connectivity index (χ2v) is 17.7. The van der Waals surface area contributed by atoms with E-state index >= 15 is 0 Å². The molecule has 384 valence electrons. The zero-order valence-electron chi connectivity index (χ0n) is 43.8. The van der Waals surface area contributed by atoms with E-state index in [0.29, 0.717) is 19.3 Å². The molecule has 6 heteroatoms. The van der Waals surface area contributed by atoms with E-state index in [4.69, 9.17) is 14.2 Å². The number of carbonyl (C=O) groups is 3. The fraction of sp³-hybridized carbons (Fsp3) is 0.629. The number of esters is 3. The molecule has 0 radical (unpaired) electrons. The maximum absolute atomic E-state index is 12.8. The molecule has 0 aliphatic heterocycles. The highest BCUT2D eigenvalue weighted by atomic mass is 16.6. The average Bonchev–Trinajstić information content (AvgIpc) is 3.34. The van der Waals surface area contributed by atoms with Crippen molar-refractivity contribution < 1.29 is 28.6 Å². The van der Waals surface area contributed by atoms with E-state index in [-0.39, 0.29) is 31.1 Å². The quantitative estimate of drug-likeness (QED) is 0.0262. The molecule has 1 atom stereocenters. The van der Waals surface area contributed by atoms with Crippen LogP contribution in [0.25, 0.3) is 0 Å². The predicted molar refractivity (Wildman–Crippen MR) is 293 cm³/mol. The third-order valence-corrected chi connectivity index (χ3v) is 11.2. The molecule has 0 aromatic heterocycles. The monoisotopic (exact) mass is 941 g/mol. The largest absolute Gasteiger partial charge is 0.462 e. The number of hydrogen-bond acceptors (Lipinski definition) is 6. The molecule has 0 saturated heterocycles. The Kier molecular flexibility index (Phi) is 52.0. The molecule has 0 fully saturated rings. The van der Waals surface area contributed by atoms with Crippen LogP contribution in [0.5, 0.6) is 0 Å². The summed E-state index contributed by atoms with van der Waals surface area (Å²) in [6.07, 6.45) is 76.2. The summed E-state index contributed by atoms with van der Waals surface area (Å²) >= 11 is 0. The standard InChI is InChI=1S/C62H100O6/c1-4-7-10-13-16-19-22-24-26-27-28-29-30-31-32-33-34-35-37-38-40-43-46-49-52-55-61(64)67-58-59(57-66-60(63)54-51-48-45-42-21-18-15-12-9-6-3)68-62(65)56-53-50-47-44-41-39-36-25-23-20-17-14-11-8-5-2/h7,10,12,15-17,19-20,24-26,28-29,31-32,34-36,38,40,59H,4-6,8-9,11,13-14,18,21-23,27,30,33,37,39,41-58H2,1-3H3/b10-7-,15-12-,19-16-,20-17-,26-24-,29-28-,32-31-,35-34-,36-25-,40-38-. The molecule has 0 aliphatic rings. The maximum Gasteiger partial charge on any atom is 0.306 e. The Bertz CT molecular complexity index is 1450. The summed E-state index contributed by atoms with van der Waals surface area (Å²) in [7, 11) is 0. The first kappa shape index (κ1) is 63.8. The Morgan fingerprint density at radius 3 is 0.985 bits per heavy atom. The molecule has 6 nitrogen and oxygen atoms in total. The van der Waals surface area contributed by atoms with E-state index in [1.165, 1.54) is 38.5 Å². The zero-order chi connectivity index (χ0) is 49.3. The zero-order valence-corrected chi connectivity index (χ0v) is 43.8. The first-order chi connectivity index (χ1) is 33.5. The lowest BCUT2D eigenvalue weighted by atomic mass is 10.1. The highest BCUT2D eigenvalue weighted by Gasteiger charge is 2.19. The topological polar surface area (TPSA) is 78.9 Å². The Balaban J connectivity index is 4.41. The van der Waals surface area contributed by atoms with Gasteiger partial charge >= 0.3 is 17.9 Å². The number of allylic oxidation sites excluding steroid dienone is 20. The van der Waals surface area contributed by atoms with Crippen LogP contribution < -0.4 is 0 Å². The van der Waals surface area contributed by atoms with E-state index in [2.05, 4.69) is 142 Å². The second kappa shape index (κ2) is 55.4. The van der Waals surface area contributed by atoms with Gasteiger partial charge in [0.25, 0.3) is 0 Å². The van der Waals surface area contributed by atoms with Crippen molar-refractivity contribution in [1.29, 1.82) is 0 Å². The van der Waals surface area contributed by atoms with Crippen LogP contribution in [0.15, 0.2) is 122 Å². The minimum absolute atomic E-state index is 0.102. The third kappa shape index (κ3) is 52.8. The normalized spacial score (nSPS) is 13.0. The minimum atomic E-state index is -0.805. The fourth-order valence-corrected chi connectivity index (χ4v) is 7.04. The van der Waals surface area contributed by atoms with Crippen molar-refractivity contribution in [1.82, 2.24) is 0 Å². The van der Waals surface area contributed by atoms with Crippen LogP contribution in [-0.2, 0) is 28.6 Å². The lowest BCUT2D eigenvalue weighted by Crippen LogP contribution is -2.30. The lowest BCUT2D eigenvalue weighted by molar-refractivity contribution is -0.167. The molecule has 0 saturated carbocycles. The van der Waals surface area contributed by atoms with Crippen LogP contribution in [0, 0.1) is 0 Å². The molecule has 68 heavy (non-hydrogen) atoms. The van der Waals surface area contributed by atoms with Crippen molar-refractivity contribution >= 4 is 17.9 Å². The van der Waals surface area contributed by atoms with Gasteiger partial charge < -0.3 is 14.2 Å². The third-order valence-electron chi connectivity index (χ3n) is 11.2. The molecule has 0 heterocycles. The molecular weight excluding hydrogens is 841 g/mol. The van der Waals surface area contributed by atoms with Gasteiger partial charge in [-0.3, -0.25) is 14.4 Å². The number of carbonyl (C=O) groups excluding carboxylic acids is 3. The first-order valence-corrected chi connectivity index (χ1v) is 27.5. The average molecular weight is 941 g/mol. The van der Waals surface area contributed by atoms with Gasteiger partial charge in [-0.15, -0.1) is 0 Å². The van der Waals surface area contributed by atoms with Crippen molar-refractivity contribution in [3.63, 3.8) is 0 Å². The molecule has 0 aromatic carbocycles. The summed E-state index contributed by atoms with van der Waals surface area (Å²) in [5, 5.41) is 0. The Hall–Kier alpha value is -4.19. The van der Waals surface area contributed by atoms with E-state index in [1.807, 2.05) is 0 Å². The summed E-state index contributed by atoms with van der Waals surface area (Å²) in [6, 6.07) is 0. The van der Waals surface area contributed by atoms with Crippen LogP contribution in [-0.4, -0.2) is 37.2 Å². The molecule has 0 aliphatic carbocycles. The van der Waals surface area contributed by atoms with Crippen LogP contribution in [0.4, 0.5) is 0 Å².